The summed E-state index contributed by atoms with van der Waals surface area (Å²) in [6.45, 7) is 1.95. The van der Waals surface area contributed by atoms with Gasteiger partial charge < -0.3 is 15.4 Å². The summed E-state index contributed by atoms with van der Waals surface area (Å²) >= 11 is 5.20. The number of methoxy groups -OCH3 is 1. The fraction of sp³-hybridized carbons (Fsp3) is 0.143. The highest BCUT2D eigenvalue weighted by Crippen LogP contribution is 2.29. The maximum Gasteiger partial charge on any atom is 0.273 e. The summed E-state index contributed by atoms with van der Waals surface area (Å²) in [5, 5.41) is 16.9. The SMILES string of the molecule is COc1cc([N+](=O)[O-])ccc1NC(=S)Nc1cc(C)ccn1. The van der Waals surface area contributed by atoms with Crippen molar-refractivity contribution >= 4 is 34.5 Å². The predicted octanol–water partition coefficient (Wildman–Crippen LogP) is 3.12. The van der Waals surface area contributed by atoms with Crippen LogP contribution in [-0.4, -0.2) is 22.1 Å². The number of nitro groups is 1. The van der Waals surface area contributed by atoms with Gasteiger partial charge in [0.05, 0.1) is 23.8 Å². The van der Waals surface area contributed by atoms with Crippen LogP contribution in [0, 0.1) is 17.0 Å². The third kappa shape index (κ3) is 3.89. The second kappa shape index (κ2) is 6.81. The summed E-state index contributed by atoms with van der Waals surface area (Å²) in [6.07, 6.45) is 1.67. The summed E-state index contributed by atoms with van der Waals surface area (Å²) in [4.78, 5) is 14.4. The van der Waals surface area contributed by atoms with Crippen LogP contribution in [0.15, 0.2) is 36.5 Å². The number of aryl methyl sites for hydroxylation is 1. The molecule has 22 heavy (non-hydrogen) atoms. The van der Waals surface area contributed by atoms with E-state index in [4.69, 9.17) is 17.0 Å². The third-order valence-electron chi connectivity index (χ3n) is 2.80. The first-order chi connectivity index (χ1) is 10.5. The smallest absolute Gasteiger partial charge is 0.273 e. The quantitative estimate of drug-likeness (QED) is 0.508. The van der Waals surface area contributed by atoms with Gasteiger partial charge in [0.15, 0.2) is 5.11 Å². The molecule has 0 amide bonds. The van der Waals surface area contributed by atoms with Crippen molar-refractivity contribution in [1.29, 1.82) is 0 Å². The largest absolute Gasteiger partial charge is 0.494 e. The molecule has 0 unspecified atom stereocenters. The normalized spacial score (nSPS) is 9.91. The van der Waals surface area contributed by atoms with Gasteiger partial charge in [0.25, 0.3) is 5.69 Å². The van der Waals surface area contributed by atoms with Crippen molar-refractivity contribution < 1.29 is 9.66 Å². The zero-order chi connectivity index (χ0) is 16.1. The van der Waals surface area contributed by atoms with Crippen LogP contribution in [-0.2, 0) is 0 Å². The summed E-state index contributed by atoms with van der Waals surface area (Å²) in [7, 11) is 1.43. The number of hydrogen-bond donors (Lipinski definition) is 2. The summed E-state index contributed by atoms with van der Waals surface area (Å²) in [5.74, 6) is 0.939. The highest BCUT2D eigenvalue weighted by Gasteiger charge is 2.12. The Balaban J connectivity index is 2.12. The van der Waals surface area contributed by atoms with Gasteiger partial charge in [-0.3, -0.25) is 10.1 Å². The van der Waals surface area contributed by atoms with Crippen molar-refractivity contribution in [1.82, 2.24) is 4.98 Å². The fourth-order valence-electron chi connectivity index (χ4n) is 1.77. The van der Waals surface area contributed by atoms with Crippen LogP contribution in [0.2, 0.25) is 0 Å². The summed E-state index contributed by atoms with van der Waals surface area (Å²) in [6, 6.07) is 7.96. The maximum absolute atomic E-state index is 10.8. The highest BCUT2D eigenvalue weighted by molar-refractivity contribution is 7.80. The third-order valence-corrected chi connectivity index (χ3v) is 3.01. The van der Waals surface area contributed by atoms with E-state index in [1.54, 1.807) is 6.20 Å². The number of thiocarbonyl (C=S) groups is 1. The van der Waals surface area contributed by atoms with Gasteiger partial charge in [0.2, 0.25) is 0 Å². The monoisotopic (exact) mass is 318 g/mol. The van der Waals surface area contributed by atoms with E-state index in [0.717, 1.165) is 5.56 Å². The molecule has 1 aromatic carbocycles. The lowest BCUT2D eigenvalue weighted by Gasteiger charge is -2.13. The van der Waals surface area contributed by atoms with Crippen molar-refractivity contribution in [2.75, 3.05) is 17.7 Å². The molecule has 1 aromatic heterocycles. The molecule has 2 aromatic rings. The average Bonchev–Trinajstić information content (AvgIpc) is 2.47. The molecule has 0 radical (unpaired) electrons. The molecule has 8 heteroatoms. The number of nitrogens with zero attached hydrogens (tertiary/aromatic N) is 2. The van der Waals surface area contributed by atoms with E-state index in [1.807, 2.05) is 19.1 Å². The number of nitro benzene ring substituents is 1. The highest BCUT2D eigenvalue weighted by atomic mass is 32.1. The van der Waals surface area contributed by atoms with Crippen LogP contribution in [0.4, 0.5) is 17.2 Å². The number of aromatic nitrogens is 1. The van der Waals surface area contributed by atoms with Crippen molar-refractivity contribution in [2.24, 2.45) is 0 Å². The van der Waals surface area contributed by atoms with Gasteiger partial charge in [-0.1, -0.05) is 0 Å². The van der Waals surface area contributed by atoms with Crippen LogP contribution >= 0.6 is 12.2 Å². The van der Waals surface area contributed by atoms with Crippen LogP contribution in [0.5, 0.6) is 5.75 Å². The first-order valence-corrected chi connectivity index (χ1v) is 6.73. The fourth-order valence-corrected chi connectivity index (χ4v) is 1.99. The van der Waals surface area contributed by atoms with Crippen molar-refractivity contribution in [3.63, 3.8) is 0 Å². The van der Waals surface area contributed by atoms with Gasteiger partial charge in [0, 0.05) is 12.3 Å². The molecule has 0 bridgehead atoms. The zero-order valence-electron chi connectivity index (χ0n) is 12.0. The second-order valence-corrected chi connectivity index (χ2v) is 4.85. The Hall–Kier alpha value is -2.74. The number of nitrogens with one attached hydrogen (secondary N) is 2. The molecule has 0 atom stereocenters. The van der Waals surface area contributed by atoms with Gasteiger partial charge in [0.1, 0.15) is 11.6 Å². The molecule has 1 heterocycles. The minimum atomic E-state index is -0.487. The number of non-ortho nitro benzene ring substituents is 1. The van der Waals surface area contributed by atoms with Crippen LogP contribution in [0.3, 0.4) is 0 Å². The molecular weight excluding hydrogens is 304 g/mol. The van der Waals surface area contributed by atoms with E-state index in [-0.39, 0.29) is 5.69 Å². The number of hydrogen-bond acceptors (Lipinski definition) is 5. The minimum absolute atomic E-state index is 0.0540. The molecule has 0 saturated heterocycles. The molecular formula is C14H14N4O3S. The standard InChI is InChI=1S/C14H14N4O3S/c1-9-5-6-15-13(7-9)17-14(22)16-11-4-3-10(18(19)20)8-12(11)21-2/h3-8H,1-2H3,(H2,15,16,17,22). The Bertz CT molecular complexity index is 721. The second-order valence-electron chi connectivity index (χ2n) is 4.44. The molecule has 0 spiro atoms. The van der Waals surface area contributed by atoms with Crippen LogP contribution in [0.1, 0.15) is 5.56 Å². The average molecular weight is 318 g/mol. The molecule has 0 saturated carbocycles. The molecule has 2 N–H and O–H groups in total. The number of ether oxygens (including phenoxy) is 1. The molecule has 114 valence electrons. The predicted molar refractivity (Wildman–Crippen MR) is 88.5 cm³/mol. The number of anilines is 2. The molecule has 0 aliphatic carbocycles. The molecule has 0 aliphatic rings. The first-order valence-electron chi connectivity index (χ1n) is 6.32. The minimum Gasteiger partial charge on any atom is -0.494 e. The maximum atomic E-state index is 10.8. The van der Waals surface area contributed by atoms with E-state index in [2.05, 4.69) is 15.6 Å². The van der Waals surface area contributed by atoms with E-state index in [9.17, 15) is 10.1 Å². The van der Waals surface area contributed by atoms with Crippen molar-refractivity contribution in [2.45, 2.75) is 6.92 Å². The van der Waals surface area contributed by atoms with Crippen molar-refractivity contribution in [3.05, 3.63) is 52.2 Å². The van der Waals surface area contributed by atoms with Crippen molar-refractivity contribution in [3.8, 4) is 5.75 Å². The van der Waals surface area contributed by atoms with Crippen LogP contribution in [0.25, 0.3) is 0 Å². The van der Waals surface area contributed by atoms with Crippen LogP contribution < -0.4 is 15.4 Å². The van der Waals surface area contributed by atoms with Gasteiger partial charge in [-0.2, -0.15) is 0 Å². The lowest BCUT2D eigenvalue weighted by molar-refractivity contribution is -0.384. The number of benzene rings is 1. The Kier molecular flexibility index (Phi) is 4.84. The topological polar surface area (TPSA) is 89.3 Å². The van der Waals surface area contributed by atoms with Gasteiger partial charge in [-0.15, -0.1) is 0 Å². The Labute approximate surface area is 132 Å². The molecule has 2 rings (SSSR count). The number of pyridine rings is 1. The Morgan fingerprint density at radius 3 is 2.73 bits per heavy atom. The first kappa shape index (κ1) is 15.6. The number of rotatable bonds is 4. The molecule has 7 nitrogen and oxygen atoms in total. The van der Waals surface area contributed by atoms with E-state index in [1.165, 1.54) is 25.3 Å². The summed E-state index contributed by atoms with van der Waals surface area (Å²) in [5.41, 5.74) is 1.52. The van der Waals surface area contributed by atoms with Gasteiger partial charge >= 0.3 is 0 Å². The van der Waals surface area contributed by atoms with Gasteiger partial charge in [-0.25, -0.2) is 4.98 Å². The van der Waals surface area contributed by atoms with Gasteiger partial charge in [-0.05, 0) is 42.9 Å². The van der Waals surface area contributed by atoms with E-state index in [0.29, 0.717) is 22.4 Å². The zero-order valence-corrected chi connectivity index (χ0v) is 12.8. The molecule has 0 aliphatic heterocycles. The Morgan fingerprint density at radius 1 is 1.32 bits per heavy atom. The van der Waals surface area contributed by atoms with E-state index < -0.39 is 4.92 Å². The van der Waals surface area contributed by atoms with E-state index >= 15 is 0 Å². The molecule has 0 fully saturated rings. The lowest BCUT2D eigenvalue weighted by Crippen LogP contribution is -2.20. The Morgan fingerprint density at radius 2 is 2.09 bits per heavy atom. The summed E-state index contributed by atoms with van der Waals surface area (Å²) < 4.78 is 5.14. The lowest BCUT2D eigenvalue weighted by atomic mass is 10.2.